The van der Waals surface area contributed by atoms with E-state index < -0.39 is 251 Å². The molecule has 1 aromatic rings. The summed E-state index contributed by atoms with van der Waals surface area (Å²) in [6.07, 6.45) is -3.37. The van der Waals surface area contributed by atoms with Crippen molar-refractivity contribution in [3.8, 4) is 0 Å². The van der Waals surface area contributed by atoms with Crippen LogP contribution in [0.2, 0.25) is 0 Å². The normalized spacial score (nSPS) is 33.0. The van der Waals surface area contributed by atoms with E-state index in [1.165, 1.54) is 6.92 Å². The van der Waals surface area contributed by atoms with Crippen LogP contribution in [0.15, 0.2) is 132 Å². The molecule has 2 fully saturated rings. The minimum atomic E-state index is -2.32. The average Bonchev–Trinajstić information content (AvgIpc) is 1.77. The maximum absolute atomic E-state index is 14.0. The molecule has 23 atom stereocenters. The Labute approximate surface area is 667 Å². The van der Waals surface area contributed by atoms with Crippen LogP contribution in [-0.2, 0) is 57.2 Å². The van der Waals surface area contributed by atoms with Crippen LogP contribution in [0.1, 0.15) is 108 Å². The second kappa shape index (κ2) is 49.8. The highest BCUT2D eigenvalue weighted by Crippen LogP contribution is 2.39. The molecule has 0 aliphatic carbocycles. The van der Waals surface area contributed by atoms with E-state index in [1.807, 2.05) is 38.9 Å². The van der Waals surface area contributed by atoms with Gasteiger partial charge in [-0.25, -0.2) is 9.59 Å². The fourth-order valence-corrected chi connectivity index (χ4v) is 12.9. The summed E-state index contributed by atoms with van der Waals surface area (Å²) in [5.74, 6) is -12.7. The molecule has 0 saturated carbocycles. The van der Waals surface area contributed by atoms with Gasteiger partial charge in [-0.1, -0.05) is 98.9 Å². The van der Waals surface area contributed by atoms with E-state index in [0.717, 1.165) is 5.69 Å². The number of Topliss-reactive ketones (excluding diaryl/α,β-unsaturated/α-hetero) is 2. The lowest BCUT2D eigenvalue weighted by molar-refractivity contribution is -0.307. The summed E-state index contributed by atoms with van der Waals surface area (Å²) in [4.78, 5) is 90.9. The van der Waals surface area contributed by atoms with Crippen molar-refractivity contribution in [2.24, 2.45) is 17.8 Å². The molecular formula is C79H119N5O31. The van der Waals surface area contributed by atoms with E-state index >= 15 is 0 Å². The molecule has 36 heteroatoms. The molecule has 14 unspecified atom stereocenters. The number of ketones is 2. The summed E-state index contributed by atoms with van der Waals surface area (Å²) in [6.45, 7) is 4.47. The number of cyclic esters (lactones) is 3. The zero-order valence-electron chi connectivity index (χ0n) is 65.9. The van der Waals surface area contributed by atoms with Gasteiger partial charge >= 0.3 is 17.9 Å². The molecule has 115 heavy (non-hydrogen) atoms. The Balaban J connectivity index is 0.000000979. The van der Waals surface area contributed by atoms with Gasteiger partial charge in [0.05, 0.1) is 99.2 Å². The van der Waals surface area contributed by atoms with E-state index in [4.69, 9.17) is 59.8 Å². The fraction of sp³-hybridized carbons (Fsp3) is 0.608. The third-order valence-corrected chi connectivity index (χ3v) is 18.9. The number of amides is 2. The van der Waals surface area contributed by atoms with Crippen molar-refractivity contribution in [3.63, 3.8) is 0 Å². The first kappa shape index (κ1) is 99.2. The average molecular weight is 1630 g/mol. The molecule has 0 aromatic heterocycles. The molecule has 0 spiro atoms. The highest BCUT2D eigenvalue weighted by molar-refractivity contribution is 5.96. The summed E-state index contributed by atoms with van der Waals surface area (Å²) in [6, 6.07) is 5.68. The summed E-state index contributed by atoms with van der Waals surface area (Å²) in [5.41, 5.74) is 1.30. The second-order valence-corrected chi connectivity index (χ2v) is 29.5. The molecule has 2 saturated heterocycles. The third-order valence-electron chi connectivity index (χ3n) is 18.9. The number of hydrogen-bond donors (Lipinski definition) is 21. The lowest BCUT2D eigenvalue weighted by Gasteiger charge is -2.46. The van der Waals surface area contributed by atoms with Crippen molar-refractivity contribution in [2.75, 3.05) is 73.4 Å². The molecule has 1 aromatic carbocycles. The summed E-state index contributed by atoms with van der Waals surface area (Å²) >= 11 is 0. The number of aliphatic hydroxyl groups excluding tert-OH is 17. The Kier molecular flexibility index (Phi) is 42.9. The lowest BCUT2D eigenvalue weighted by Crippen LogP contribution is -2.64. The largest absolute Gasteiger partial charge is 0.505 e. The molecule has 0 radical (unpaired) electrons. The molecule has 646 valence electrons. The van der Waals surface area contributed by atoms with Gasteiger partial charge in [-0.3, -0.25) is 24.0 Å². The number of hydrogen-bond acceptors (Lipinski definition) is 34. The van der Waals surface area contributed by atoms with Gasteiger partial charge in [0, 0.05) is 75.8 Å². The number of anilines is 1. The summed E-state index contributed by atoms with van der Waals surface area (Å²) in [7, 11) is 8.75. The molecule has 36 nitrogen and oxygen atoms in total. The first-order valence-electron chi connectivity index (χ1n) is 37.9. The number of fused-ring (bicyclic) bond motifs is 2. The summed E-state index contributed by atoms with van der Waals surface area (Å²) < 4.78 is 33.3. The monoisotopic (exact) mass is 1630 g/mol. The molecule has 2 bridgehead atoms. The van der Waals surface area contributed by atoms with E-state index in [1.54, 1.807) is 129 Å². The molecule has 6 rings (SSSR count). The Hall–Kier alpha value is -8.19. The van der Waals surface area contributed by atoms with Crippen molar-refractivity contribution < 1.29 is 154 Å². The number of nitrogens with zero attached hydrogens (tertiary/aromatic N) is 2. The van der Waals surface area contributed by atoms with Crippen molar-refractivity contribution in [1.82, 2.24) is 20.4 Å². The van der Waals surface area contributed by atoms with Gasteiger partial charge in [-0.2, -0.15) is 0 Å². The van der Waals surface area contributed by atoms with Crippen LogP contribution in [-0.4, -0.2) is 333 Å². The third kappa shape index (κ3) is 34.1. The van der Waals surface area contributed by atoms with Gasteiger partial charge in [-0.05, 0) is 97.4 Å². The van der Waals surface area contributed by atoms with Crippen LogP contribution in [0, 0.1) is 17.8 Å². The number of likely N-dealkylation sites (N-methyl/N-ethyl adjacent to an activating group) is 2. The number of carbonyl (C=O) groups excluding carboxylic acids is 7. The van der Waals surface area contributed by atoms with Crippen LogP contribution >= 0.6 is 0 Å². The fourth-order valence-electron chi connectivity index (χ4n) is 12.9. The first-order valence-corrected chi connectivity index (χ1v) is 37.9. The molecule has 5 aliphatic rings. The predicted octanol–water partition coefficient (Wildman–Crippen LogP) is -0.757. The minimum absolute atomic E-state index is 0.0513. The Bertz CT molecular complexity index is 3480. The van der Waals surface area contributed by atoms with Gasteiger partial charge in [0.1, 0.15) is 36.3 Å². The standard InChI is InChI=1S/C67H103N5O19.2C6H8O6/c1-42-21-19-17-15-13-11-9-10-12-14-16-18-20-22-54(89-66-63(85)61(62(84)44(3)88-66)70-58(82)41-72(7)8)38-57-60(65(86)69-29-30-71(5)6)56(81)40-67(87,91-57)39-53(79)35-51(77)33-49(75)31-48(74)32-50(76)34-52(78)37-59(83)90-64(42)43(2)23-28-47(73)36-55(80)45-24-26-46(68-4)27-25-45;2*7-1-2(8)5-3(9)4(10)6(11)12-5/h9-22,24-27,42-44,47-49,51-54,56-57,60-64,66,68,73-75,77-79,81,84-85,87H,23,28-41H2,1-8H3,(H,69,86)(H,70,82);2*2,5,7-10H,1H2/b10-9+,13-11+,14-12+,17-15+,18-16+,21-19-,22-20+;;/t42?,43?,44-,47?,48?,49?,51?,52?,53?,54?,56?,57?,60?,61+,62-,63+,64?,66+,67?;2*2-,5+/m100/s1. The second-order valence-electron chi connectivity index (χ2n) is 29.5. The summed E-state index contributed by atoms with van der Waals surface area (Å²) in [5, 5.41) is 191. The number of rotatable bonds is 21. The number of ether oxygens (including phenoxy) is 6. The van der Waals surface area contributed by atoms with E-state index in [2.05, 4.69) is 25.4 Å². The van der Waals surface area contributed by atoms with Gasteiger partial charge in [0.15, 0.2) is 41.6 Å². The van der Waals surface area contributed by atoms with Crippen molar-refractivity contribution in [2.45, 2.75) is 220 Å². The highest BCUT2D eigenvalue weighted by Gasteiger charge is 2.52. The number of nitrogens with one attached hydrogen (secondary N) is 3. The number of allylic oxidation sites excluding steroid dienone is 12. The molecule has 21 N–H and O–H groups in total. The van der Waals surface area contributed by atoms with Crippen molar-refractivity contribution in [1.29, 1.82) is 0 Å². The smallest absolute Gasteiger partial charge is 0.377 e. The zero-order chi connectivity index (χ0) is 86.0. The zero-order valence-corrected chi connectivity index (χ0v) is 65.9. The van der Waals surface area contributed by atoms with Gasteiger partial charge in [-0.15, -0.1) is 0 Å². The molecule has 2 amide bonds. The Morgan fingerprint density at radius 1 is 0.626 bits per heavy atom. The number of esters is 3. The van der Waals surface area contributed by atoms with Crippen LogP contribution in [0.5, 0.6) is 0 Å². The van der Waals surface area contributed by atoms with Gasteiger partial charge < -0.3 is 146 Å². The molecule has 5 heterocycles. The van der Waals surface area contributed by atoms with Crippen LogP contribution in [0.3, 0.4) is 0 Å². The number of carbonyl (C=O) groups is 7. The topological polar surface area (TPSA) is 582 Å². The number of aliphatic hydroxyl groups is 18. The molecular weight excluding hydrogens is 1510 g/mol. The highest BCUT2D eigenvalue weighted by atomic mass is 16.7. The van der Waals surface area contributed by atoms with Crippen LogP contribution in [0.25, 0.3) is 0 Å². The number of benzene rings is 1. The van der Waals surface area contributed by atoms with E-state index in [9.17, 15) is 84.6 Å². The van der Waals surface area contributed by atoms with Gasteiger partial charge in [0.25, 0.3) is 0 Å². The first-order chi connectivity index (χ1) is 54.2. The van der Waals surface area contributed by atoms with E-state index in [-0.39, 0.29) is 50.0 Å². The Morgan fingerprint density at radius 2 is 1.14 bits per heavy atom. The SMILES string of the molecule is CNc1ccc(C(=O)CC(O)CCC(C)C2OC(=O)CC(O)CC(=O)CC(O)CC(O)CC(O)CC(O)CC3(O)CC(O)C(C(=O)NCCN(C)C)C(CC(O[C@@H]4O[C@H](C)[C@@H](O)[C@H](NC(=O)CN(C)C)[C@@H]4O)/C=C/C=C/C=C/C=C/C=C/C=C/C=C\C2C)O3)cc1.O=C1O[C@H]([C@@H](O)CO)C(O)=C1O.O=C1O[C@H]([C@@H](O)CO)C(O)=C1O. The lowest BCUT2D eigenvalue weighted by atomic mass is 9.82. The van der Waals surface area contributed by atoms with E-state index in [0.29, 0.717) is 18.5 Å². The van der Waals surface area contributed by atoms with Crippen LogP contribution < -0.4 is 16.0 Å². The maximum Gasteiger partial charge on any atom is 0.377 e. The minimum Gasteiger partial charge on any atom is -0.505 e. The predicted molar refractivity (Wildman–Crippen MR) is 412 cm³/mol. The maximum atomic E-state index is 14.0. The Morgan fingerprint density at radius 3 is 1.64 bits per heavy atom. The van der Waals surface area contributed by atoms with Crippen LogP contribution in [0.4, 0.5) is 5.69 Å². The molecule has 5 aliphatic heterocycles. The van der Waals surface area contributed by atoms with Gasteiger partial charge in [0.2, 0.25) is 23.3 Å². The van der Waals surface area contributed by atoms with Crippen molar-refractivity contribution >= 4 is 47.0 Å². The van der Waals surface area contributed by atoms with Crippen molar-refractivity contribution in [3.05, 3.63) is 138 Å². The quantitative estimate of drug-likeness (QED) is 0.0409.